The van der Waals surface area contributed by atoms with Crippen LogP contribution in [0.2, 0.25) is 0 Å². The van der Waals surface area contributed by atoms with Gasteiger partial charge in [0.2, 0.25) is 10.0 Å². The van der Waals surface area contributed by atoms with E-state index in [1.807, 2.05) is 0 Å². The number of aromatic hydroxyl groups is 1. The van der Waals surface area contributed by atoms with E-state index >= 15 is 0 Å². The minimum Gasteiger partial charge on any atom is -0.506 e. The maximum Gasteiger partial charge on any atom is 0.293 e. The molecule has 0 aliphatic carbocycles. The highest BCUT2D eigenvalue weighted by atomic mass is 32.2. The van der Waals surface area contributed by atoms with Gasteiger partial charge in [0.25, 0.3) is 11.6 Å². The first kappa shape index (κ1) is 20.6. The standard InChI is InChI=1S/C18H20N4O6S/c1-19-14-6-4-12(10-16(14)22(25)26)18(24)20-15-11-13(5-7-17(15)23)29(27,28)21-8-2-3-9-21/h4-7,10-11,19,23H,2-3,8-9H2,1H3,(H,20,24). The van der Waals surface area contributed by atoms with E-state index in [4.69, 9.17) is 0 Å². The number of benzene rings is 2. The molecule has 154 valence electrons. The molecule has 1 saturated heterocycles. The van der Waals surface area contributed by atoms with Gasteiger partial charge in [-0.15, -0.1) is 0 Å². The van der Waals surface area contributed by atoms with Crippen LogP contribution in [0.25, 0.3) is 0 Å². The van der Waals surface area contributed by atoms with Gasteiger partial charge < -0.3 is 15.7 Å². The zero-order valence-corrected chi connectivity index (χ0v) is 16.4. The zero-order valence-electron chi connectivity index (χ0n) is 15.6. The number of carbonyl (C=O) groups is 1. The van der Waals surface area contributed by atoms with Crippen molar-refractivity contribution in [3.63, 3.8) is 0 Å². The molecule has 0 unspecified atom stereocenters. The van der Waals surface area contributed by atoms with Gasteiger partial charge in [0.05, 0.1) is 15.5 Å². The van der Waals surface area contributed by atoms with Crippen molar-refractivity contribution in [2.45, 2.75) is 17.7 Å². The highest BCUT2D eigenvalue weighted by molar-refractivity contribution is 7.89. The second-order valence-electron chi connectivity index (χ2n) is 6.48. The number of nitro groups is 1. The minimum absolute atomic E-state index is 0.0112. The Bertz CT molecular complexity index is 1060. The van der Waals surface area contributed by atoms with Crippen molar-refractivity contribution in [2.24, 2.45) is 0 Å². The van der Waals surface area contributed by atoms with Crippen LogP contribution >= 0.6 is 0 Å². The molecule has 29 heavy (non-hydrogen) atoms. The SMILES string of the molecule is CNc1ccc(C(=O)Nc2cc(S(=O)(=O)N3CCCC3)ccc2O)cc1[N+](=O)[O-]. The van der Waals surface area contributed by atoms with E-state index in [0.29, 0.717) is 13.1 Å². The molecular formula is C18H20N4O6S. The molecule has 0 aromatic heterocycles. The first-order valence-electron chi connectivity index (χ1n) is 8.85. The van der Waals surface area contributed by atoms with E-state index in [2.05, 4.69) is 10.6 Å². The molecule has 3 rings (SSSR count). The van der Waals surface area contributed by atoms with E-state index < -0.39 is 20.9 Å². The first-order chi connectivity index (χ1) is 13.7. The third-order valence-corrected chi connectivity index (χ3v) is 6.54. The molecule has 1 heterocycles. The monoisotopic (exact) mass is 420 g/mol. The molecule has 0 bridgehead atoms. The summed E-state index contributed by atoms with van der Waals surface area (Å²) < 4.78 is 26.7. The van der Waals surface area contributed by atoms with Gasteiger partial charge in [-0.25, -0.2) is 8.42 Å². The maximum absolute atomic E-state index is 12.7. The van der Waals surface area contributed by atoms with E-state index in [1.165, 1.54) is 41.7 Å². The number of hydrogen-bond acceptors (Lipinski definition) is 7. The van der Waals surface area contributed by atoms with E-state index in [0.717, 1.165) is 18.9 Å². The Morgan fingerprint density at radius 1 is 1.14 bits per heavy atom. The summed E-state index contributed by atoms with van der Waals surface area (Å²) in [5.41, 5.74) is -0.152. The number of nitrogens with one attached hydrogen (secondary N) is 2. The van der Waals surface area contributed by atoms with Crippen LogP contribution < -0.4 is 10.6 Å². The van der Waals surface area contributed by atoms with Crippen molar-refractivity contribution >= 4 is 33.0 Å². The quantitative estimate of drug-likeness (QED) is 0.370. The second kappa shape index (κ2) is 8.05. The summed E-state index contributed by atoms with van der Waals surface area (Å²) in [7, 11) is -2.21. The van der Waals surface area contributed by atoms with Crippen LogP contribution in [0.15, 0.2) is 41.3 Å². The highest BCUT2D eigenvalue weighted by Gasteiger charge is 2.28. The molecule has 1 amide bonds. The summed E-state index contributed by atoms with van der Waals surface area (Å²) in [5.74, 6) is -1.04. The van der Waals surface area contributed by atoms with Crippen LogP contribution in [-0.4, -0.2) is 48.8 Å². The molecule has 0 radical (unpaired) electrons. The van der Waals surface area contributed by atoms with Gasteiger partial charge in [0.15, 0.2) is 0 Å². The third kappa shape index (κ3) is 4.15. The van der Waals surface area contributed by atoms with Crippen molar-refractivity contribution in [3.05, 3.63) is 52.1 Å². The van der Waals surface area contributed by atoms with Crippen LogP contribution in [0.3, 0.4) is 0 Å². The fraction of sp³-hybridized carbons (Fsp3) is 0.278. The van der Waals surface area contributed by atoms with Crippen molar-refractivity contribution in [2.75, 3.05) is 30.8 Å². The largest absolute Gasteiger partial charge is 0.506 e. The van der Waals surface area contributed by atoms with Crippen LogP contribution in [0.4, 0.5) is 17.1 Å². The number of phenolic OH excluding ortho intramolecular Hbond substituents is 1. The van der Waals surface area contributed by atoms with Gasteiger partial charge in [0, 0.05) is 31.8 Å². The number of rotatable bonds is 6. The molecule has 2 aromatic carbocycles. The number of sulfonamides is 1. The highest BCUT2D eigenvalue weighted by Crippen LogP contribution is 2.30. The summed E-state index contributed by atoms with van der Waals surface area (Å²) in [6, 6.07) is 7.51. The fourth-order valence-corrected chi connectivity index (χ4v) is 4.63. The van der Waals surface area contributed by atoms with Gasteiger partial charge >= 0.3 is 0 Å². The molecule has 11 heteroatoms. The molecular weight excluding hydrogens is 400 g/mol. The number of carbonyl (C=O) groups excluding carboxylic acids is 1. The Kier molecular flexibility index (Phi) is 5.71. The lowest BCUT2D eigenvalue weighted by Crippen LogP contribution is -2.28. The zero-order chi connectivity index (χ0) is 21.2. The normalized spacial score (nSPS) is 14.5. The third-order valence-electron chi connectivity index (χ3n) is 4.64. The van der Waals surface area contributed by atoms with Crippen molar-refractivity contribution in [1.29, 1.82) is 0 Å². The van der Waals surface area contributed by atoms with Gasteiger partial charge in [-0.2, -0.15) is 4.31 Å². The summed E-state index contributed by atoms with van der Waals surface area (Å²) >= 11 is 0. The summed E-state index contributed by atoms with van der Waals surface area (Å²) in [4.78, 5) is 23.0. The number of nitrogens with zero attached hydrogens (tertiary/aromatic N) is 2. The van der Waals surface area contributed by atoms with Gasteiger partial charge in [-0.1, -0.05) is 0 Å². The van der Waals surface area contributed by atoms with Crippen LogP contribution in [0.5, 0.6) is 5.75 Å². The number of amides is 1. The average molecular weight is 420 g/mol. The van der Waals surface area contributed by atoms with Gasteiger partial charge in [0.1, 0.15) is 11.4 Å². The Labute approximate surface area is 167 Å². The smallest absolute Gasteiger partial charge is 0.293 e. The molecule has 0 spiro atoms. The van der Waals surface area contributed by atoms with Crippen LogP contribution in [-0.2, 0) is 10.0 Å². The molecule has 3 N–H and O–H groups in total. The number of anilines is 2. The molecule has 10 nitrogen and oxygen atoms in total. The lowest BCUT2D eigenvalue weighted by molar-refractivity contribution is -0.384. The molecule has 1 aliphatic rings. The summed E-state index contributed by atoms with van der Waals surface area (Å²) in [6.45, 7) is 0.846. The number of nitro benzene ring substituents is 1. The number of hydrogen-bond donors (Lipinski definition) is 3. The van der Waals surface area contributed by atoms with E-state index in [1.54, 1.807) is 0 Å². The Hall–Kier alpha value is -3.18. The molecule has 1 fully saturated rings. The predicted octanol–water partition coefficient (Wildman–Crippen LogP) is 2.38. The van der Waals surface area contributed by atoms with Crippen LogP contribution in [0, 0.1) is 10.1 Å². The maximum atomic E-state index is 12.7. The molecule has 0 atom stereocenters. The van der Waals surface area contributed by atoms with Crippen LogP contribution in [0.1, 0.15) is 23.2 Å². The topological polar surface area (TPSA) is 142 Å². The summed E-state index contributed by atoms with van der Waals surface area (Å²) in [5, 5.41) is 26.3. The van der Waals surface area contributed by atoms with Gasteiger partial charge in [-0.3, -0.25) is 14.9 Å². The number of phenols is 1. The first-order valence-corrected chi connectivity index (χ1v) is 10.3. The lowest BCUT2D eigenvalue weighted by Gasteiger charge is -2.16. The van der Waals surface area contributed by atoms with Crippen molar-refractivity contribution < 1.29 is 23.2 Å². The Morgan fingerprint density at radius 2 is 1.83 bits per heavy atom. The predicted molar refractivity (Wildman–Crippen MR) is 107 cm³/mol. The van der Waals surface area contributed by atoms with Crippen molar-refractivity contribution in [1.82, 2.24) is 4.31 Å². The minimum atomic E-state index is -3.73. The fourth-order valence-electron chi connectivity index (χ4n) is 3.08. The Balaban J connectivity index is 1.89. The second-order valence-corrected chi connectivity index (χ2v) is 8.42. The van der Waals surface area contributed by atoms with E-state index in [-0.39, 0.29) is 33.3 Å². The molecule has 0 saturated carbocycles. The molecule has 1 aliphatic heterocycles. The lowest BCUT2D eigenvalue weighted by atomic mass is 10.1. The summed E-state index contributed by atoms with van der Waals surface area (Å²) in [6.07, 6.45) is 1.56. The van der Waals surface area contributed by atoms with Gasteiger partial charge in [-0.05, 0) is 43.2 Å². The van der Waals surface area contributed by atoms with E-state index in [9.17, 15) is 28.4 Å². The average Bonchev–Trinajstić information content (AvgIpc) is 3.24. The molecule has 2 aromatic rings. The Morgan fingerprint density at radius 3 is 2.45 bits per heavy atom. The van der Waals surface area contributed by atoms with Crippen molar-refractivity contribution in [3.8, 4) is 5.75 Å².